The summed E-state index contributed by atoms with van der Waals surface area (Å²) in [5.74, 6) is 0.484. The van der Waals surface area contributed by atoms with Crippen LogP contribution in [0.1, 0.15) is 11.3 Å². The van der Waals surface area contributed by atoms with Crippen LogP contribution in [0.4, 0.5) is 15.9 Å². The Hall–Kier alpha value is -1.90. The SMILES string of the molecule is Cc1cc(C)nc(Nc2cccc(F)c2)c1. The molecule has 2 nitrogen and oxygen atoms in total. The molecule has 1 aromatic heterocycles. The third kappa shape index (κ3) is 2.57. The van der Waals surface area contributed by atoms with E-state index < -0.39 is 0 Å². The molecule has 0 aliphatic heterocycles. The number of halogens is 1. The van der Waals surface area contributed by atoms with Crippen molar-refractivity contribution in [2.45, 2.75) is 13.8 Å². The van der Waals surface area contributed by atoms with Crippen molar-refractivity contribution in [1.29, 1.82) is 0 Å². The van der Waals surface area contributed by atoms with Crippen molar-refractivity contribution in [3.8, 4) is 0 Å². The molecule has 1 N–H and O–H groups in total. The van der Waals surface area contributed by atoms with Crippen LogP contribution in [0.2, 0.25) is 0 Å². The Morgan fingerprint density at radius 1 is 1.12 bits per heavy atom. The molecule has 0 amide bonds. The van der Waals surface area contributed by atoms with Crippen LogP contribution in [0.3, 0.4) is 0 Å². The number of aryl methyl sites for hydroxylation is 2. The summed E-state index contributed by atoms with van der Waals surface area (Å²) in [6, 6.07) is 10.3. The molecule has 1 heterocycles. The quantitative estimate of drug-likeness (QED) is 0.829. The maximum atomic E-state index is 13.0. The largest absolute Gasteiger partial charge is 0.340 e. The van der Waals surface area contributed by atoms with Gasteiger partial charge >= 0.3 is 0 Å². The highest BCUT2D eigenvalue weighted by Gasteiger charge is 1.99. The van der Waals surface area contributed by atoms with Crippen molar-refractivity contribution >= 4 is 11.5 Å². The number of nitrogens with one attached hydrogen (secondary N) is 1. The minimum Gasteiger partial charge on any atom is -0.340 e. The molecule has 0 aliphatic carbocycles. The first-order valence-corrected chi connectivity index (χ1v) is 5.11. The Bertz CT molecular complexity index is 489. The van der Waals surface area contributed by atoms with Crippen molar-refractivity contribution in [1.82, 2.24) is 4.98 Å². The predicted octanol–water partition coefficient (Wildman–Crippen LogP) is 3.58. The van der Waals surface area contributed by atoms with Gasteiger partial charge in [-0.3, -0.25) is 0 Å². The molecule has 0 aliphatic rings. The van der Waals surface area contributed by atoms with E-state index in [4.69, 9.17) is 0 Å². The Labute approximate surface area is 94.2 Å². The number of anilines is 2. The van der Waals surface area contributed by atoms with E-state index in [0.717, 1.165) is 17.1 Å². The van der Waals surface area contributed by atoms with Crippen LogP contribution in [0.25, 0.3) is 0 Å². The fourth-order valence-corrected chi connectivity index (χ4v) is 1.62. The second kappa shape index (κ2) is 4.31. The Kier molecular flexibility index (Phi) is 2.86. The fraction of sp³-hybridized carbons (Fsp3) is 0.154. The topological polar surface area (TPSA) is 24.9 Å². The van der Waals surface area contributed by atoms with Crippen molar-refractivity contribution in [2.75, 3.05) is 5.32 Å². The van der Waals surface area contributed by atoms with E-state index in [2.05, 4.69) is 10.3 Å². The van der Waals surface area contributed by atoms with Crippen LogP contribution in [0.5, 0.6) is 0 Å². The molecule has 0 fully saturated rings. The first kappa shape index (κ1) is 10.6. The fourth-order valence-electron chi connectivity index (χ4n) is 1.62. The van der Waals surface area contributed by atoms with E-state index in [1.807, 2.05) is 32.0 Å². The van der Waals surface area contributed by atoms with Gasteiger partial charge in [0.1, 0.15) is 11.6 Å². The zero-order chi connectivity index (χ0) is 11.5. The highest BCUT2D eigenvalue weighted by atomic mass is 19.1. The van der Waals surface area contributed by atoms with E-state index in [1.54, 1.807) is 6.07 Å². The van der Waals surface area contributed by atoms with Gasteiger partial charge in [-0.1, -0.05) is 6.07 Å². The van der Waals surface area contributed by atoms with Gasteiger partial charge in [0.05, 0.1) is 0 Å². The standard InChI is InChI=1S/C13H13FN2/c1-9-6-10(2)15-13(7-9)16-12-5-3-4-11(14)8-12/h3-8H,1-2H3,(H,15,16). The summed E-state index contributed by atoms with van der Waals surface area (Å²) in [6.07, 6.45) is 0. The second-order valence-corrected chi connectivity index (χ2v) is 3.81. The predicted molar refractivity (Wildman–Crippen MR) is 63.4 cm³/mol. The lowest BCUT2D eigenvalue weighted by Gasteiger charge is -2.07. The van der Waals surface area contributed by atoms with Gasteiger partial charge in [-0.05, 0) is 49.7 Å². The van der Waals surface area contributed by atoms with Crippen LogP contribution in [-0.4, -0.2) is 4.98 Å². The third-order valence-electron chi connectivity index (χ3n) is 2.19. The van der Waals surface area contributed by atoms with Gasteiger partial charge in [0.2, 0.25) is 0 Å². The van der Waals surface area contributed by atoms with Gasteiger partial charge in [0.15, 0.2) is 0 Å². The maximum Gasteiger partial charge on any atom is 0.130 e. The second-order valence-electron chi connectivity index (χ2n) is 3.81. The smallest absolute Gasteiger partial charge is 0.130 e. The summed E-state index contributed by atoms with van der Waals surface area (Å²) in [5.41, 5.74) is 2.78. The van der Waals surface area contributed by atoms with Gasteiger partial charge < -0.3 is 5.32 Å². The zero-order valence-electron chi connectivity index (χ0n) is 9.29. The molecule has 82 valence electrons. The molecule has 1 aromatic carbocycles. The monoisotopic (exact) mass is 216 g/mol. The number of nitrogens with zero attached hydrogens (tertiary/aromatic N) is 1. The number of pyridine rings is 1. The molecular weight excluding hydrogens is 203 g/mol. The highest BCUT2D eigenvalue weighted by molar-refractivity contribution is 5.56. The van der Waals surface area contributed by atoms with Gasteiger partial charge in [-0.25, -0.2) is 9.37 Å². The number of benzene rings is 1. The summed E-state index contributed by atoms with van der Waals surface area (Å²) in [7, 11) is 0. The zero-order valence-corrected chi connectivity index (χ0v) is 9.29. The van der Waals surface area contributed by atoms with Crippen molar-refractivity contribution in [3.05, 3.63) is 53.5 Å². The normalized spacial score (nSPS) is 10.2. The van der Waals surface area contributed by atoms with Crippen LogP contribution < -0.4 is 5.32 Å². The molecule has 0 bridgehead atoms. The summed E-state index contributed by atoms with van der Waals surface area (Å²) >= 11 is 0. The Morgan fingerprint density at radius 2 is 1.94 bits per heavy atom. The average Bonchev–Trinajstić information content (AvgIpc) is 2.15. The van der Waals surface area contributed by atoms with Gasteiger partial charge in [-0.2, -0.15) is 0 Å². The summed E-state index contributed by atoms with van der Waals surface area (Å²) < 4.78 is 13.0. The first-order valence-electron chi connectivity index (χ1n) is 5.11. The molecule has 0 atom stereocenters. The lowest BCUT2D eigenvalue weighted by molar-refractivity contribution is 0.628. The minimum absolute atomic E-state index is 0.255. The molecule has 0 unspecified atom stereocenters. The maximum absolute atomic E-state index is 13.0. The lowest BCUT2D eigenvalue weighted by atomic mass is 10.2. The number of aromatic nitrogens is 1. The molecule has 3 heteroatoms. The van der Waals surface area contributed by atoms with Crippen LogP contribution in [0, 0.1) is 19.7 Å². The number of hydrogen-bond acceptors (Lipinski definition) is 2. The van der Waals surface area contributed by atoms with E-state index in [1.165, 1.54) is 12.1 Å². The molecular formula is C13H13FN2. The molecule has 0 saturated carbocycles. The van der Waals surface area contributed by atoms with Gasteiger partial charge in [-0.15, -0.1) is 0 Å². The lowest BCUT2D eigenvalue weighted by Crippen LogP contribution is -1.96. The van der Waals surface area contributed by atoms with Gasteiger partial charge in [0.25, 0.3) is 0 Å². The minimum atomic E-state index is -0.255. The average molecular weight is 216 g/mol. The molecule has 0 saturated heterocycles. The summed E-state index contributed by atoms with van der Waals surface area (Å²) in [6.45, 7) is 3.94. The molecule has 0 radical (unpaired) electrons. The van der Waals surface area contributed by atoms with Crippen LogP contribution in [0.15, 0.2) is 36.4 Å². The van der Waals surface area contributed by atoms with Crippen molar-refractivity contribution < 1.29 is 4.39 Å². The van der Waals surface area contributed by atoms with E-state index in [9.17, 15) is 4.39 Å². The van der Waals surface area contributed by atoms with Crippen LogP contribution in [-0.2, 0) is 0 Å². The molecule has 2 rings (SSSR count). The number of rotatable bonds is 2. The number of hydrogen-bond donors (Lipinski definition) is 1. The van der Waals surface area contributed by atoms with E-state index >= 15 is 0 Å². The highest BCUT2D eigenvalue weighted by Crippen LogP contribution is 2.17. The first-order chi connectivity index (χ1) is 7.63. The van der Waals surface area contributed by atoms with E-state index in [-0.39, 0.29) is 5.82 Å². The van der Waals surface area contributed by atoms with E-state index in [0.29, 0.717) is 5.69 Å². The summed E-state index contributed by atoms with van der Waals surface area (Å²) in [5, 5.41) is 3.08. The van der Waals surface area contributed by atoms with Crippen LogP contribution >= 0.6 is 0 Å². The molecule has 16 heavy (non-hydrogen) atoms. The third-order valence-corrected chi connectivity index (χ3v) is 2.19. The van der Waals surface area contributed by atoms with Crippen molar-refractivity contribution in [2.24, 2.45) is 0 Å². The Balaban J connectivity index is 2.27. The summed E-state index contributed by atoms with van der Waals surface area (Å²) in [4.78, 5) is 4.33. The van der Waals surface area contributed by atoms with Crippen molar-refractivity contribution in [3.63, 3.8) is 0 Å². The van der Waals surface area contributed by atoms with Gasteiger partial charge in [0, 0.05) is 11.4 Å². The molecule has 2 aromatic rings. The Morgan fingerprint density at radius 3 is 2.62 bits per heavy atom. The molecule has 0 spiro atoms.